The summed E-state index contributed by atoms with van der Waals surface area (Å²) >= 11 is 3.68. The summed E-state index contributed by atoms with van der Waals surface area (Å²) in [6.07, 6.45) is 10.5. The second-order valence-corrected chi connectivity index (χ2v) is 7.79. The molecule has 4 heterocycles. The minimum atomic E-state index is -0.181. The third-order valence-electron chi connectivity index (χ3n) is 5.21. The Labute approximate surface area is 166 Å². The van der Waals surface area contributed by atoms with Crippen molar-refractivity contribution in [2.24, 2.45) is 5.92 Å². The van der Waals surface area contributed by atoms with Crippen LogP contribution in [-0.4, -0.2) is 33.9 Å². The zero-order valence-electron chi connectivity index (χ0n) is 15.2. The van der Waals surface area contributed by atoms with E-state index in [2.05, 4.69) is 48.0 Å². The first-order valence-electron chi connectivity index (χ1n) is 9.29. The number of anilines is 2. The van der Waals surface area contributed by atoms with Crippen LogP contribution in [0.4, 0.5) is 11.4 Å². The lowest BCUT2D eigenvalue weighted by Gasteiger charge is -2.35. The van der Waals surface area contributed by atoms with Crippen LogP contribution in [-0.2, 0) is 0 Å². The van der Waals surface area contributed by atoms with Gasteiger partial charge in [-0.3, -0.25) is 9.78 Å². The normalized spacial score (nSPS) is 17.3. The van der Waals surface area contributed by atoms with Crippen molar-refractivity contribution in [3.8, 4) is 0 Å². The number of aromatic amines is 1. The topological polar surface area (TPSA) is 73.9 Å². The largest absolute Gasteiger partial charge is 0.370 e. The van der Waals surface area contributed by atoms with Crippen molar-refractivity contribution in [1.29, 1.82) is 0 Å². The molecule has 0 unspecified atom stereocenters. The second-order valence-electron chi connectivity index (χ2n) is 6.94. The first-order valence-corrected chi connectivity index (χ1v) is 10.1. The lowest BCUT2D eigenvalue weighted by atomic mass is 9.95. The molecule has 1 aliphatic heterocycles. The van der Waals surface area contributed by atoms with Crippen molar-refractivity contribution in [3.05, 3.63) is 47.0 Å². The first kappa shape index (κ1) is 18.0. The number of rotatable bonds is 4. The smallest absolute Gasteiger partial charge is 0.257 e. The van der Waals surface area contributed by atoms with Gasteiger partial charge in [0.1, 0.15) is 5.65 Å². The number of aromatic nitrogens is 3. The Hall–Kier alpha value is -2.41. The number of carbonyl (C=O) groups excluding carboxylic acids is 1. The highest BCUT2D eigenvalue weighted by Gasteiger charge is 2.24. The summed E-state index contributed by atoms with van der Waals surface area (Å²) in [4.78, 5) is 26.7. The number of amides is 1. The van der Waals surface area contributed by atoms with Gasteiger partial charge in [-0.25, -0.2) is 4.98 Å². The number of halogens is 1. The Morgan fingerprint density at radius 2 is 2.33 bits per heavy atom. The average Bonchev–Trinajstić information content (AvgIpc) is 3.11. The van der Waals surface area contributed by atoms with Crippen LogP contribution in [0.3, 0.4) is 0 Å². The fourth-order valence-electron chi connectivity index (χ4n) is 3.76. The molecule has 0 radical (unpaired) electrons. The van der Waals surface area contributed by atoms with Crippen molar-refractivity contribution >= 4 is 44.2 Å². The molecule has 0 aliphatic carbocycles. The van der Waals surface area contributed by atoms with Gasteiger partial charge < -0.3 is 15.2 Å². The number of fused-ring (bicyclic) bond motifs is 1. The van der Waals surface area contributed by atoms with Crippen LogP contribution < -0.4 is 10.2 Å². The quantitative estimate of drug-likeness (QED) is 0.637. The molecule has 3 aromatic heterocycles. The maximum Gasteiger partial charge on any atom is 0.257 e. The predicted molar refractivity (Wildman–Crippen MR) is 111 cm³/mol. The lowest BCUT2D eigenvalue weighted by molar-refractivity contribution is 0.102. The second kappa shape index (κ2) is 7.68. The van der Waals surface area contributed by atoms with E-state index >= 15 is 0 Å². The Morgan fingerprint density at radius 1 is 1.44 bits per heavy atom. The Bertz CT molecular complexity index is 956. The summed E-state index contributed by atoms with van der Waals surface area (Å²) < 4.78 is 0.947. The predicted octanol–water partition coefficient (Wildman–Crippen LogP) is 4.60. The SMILES string of the molecule is CC[C@@H]1CCCN(c2c(Br)cnc3[nH]cc(NC(=O)c4cccnc4)c23)C1. The molecule has 27 heavy (non-hydrogen) atoms. The fourth-order valence-corrected chi connectivity index (χ4v) is 4.31. The van der Waals surface area contributed by atoms with Crippen molar-refractivity contribution in [2.75, 3.05) is 23.3 Å². The number of nitrogens with zero attached hydrogens (tertiary/aromatic N) is 3. The van der Waals surface area contributed by atoms with Gasteiger partial charge in [0.25, 0.3) is 5.91 Å². The van der Waals surface area contributed by atoms with Gasteiger partial charge in [-0.2, -0.15) is 0 Å². The molecular weight excluding hydrogens is 406 g/mol. The standard InChI is InChI=1S/C20H22BrN5O/c1-2-13-5-4-8-26(12-13)18-15(21)10-23-19-17(18)16(11-24-19)25-20(27)14-6-3-7-22-9-14/h3,6-7,9-11,13H,2,4-5,8,12H2,1H3,(H,23,24)(H,25,27)/t13-/m1/s1. The number of H-pyrrole nitrogens is 1. The maximum atomic E-state index is 12.6. The van der Waals surface area contributed by atoms with E-state index in [0.717, 1.165) is 40.0 Å². The molecule has 6 nitrogen and oxygen atoms in total. The molecule has 0 bridgehead atoms. The van der Waals surface area contributed by atoms with Crippen LogP contribution in [0.15, 0.2) is 41.4 Å². The third kappa shape index (κ3) is 3.56. The van der Waals surface area contributed by atoms with E-state index in [1.54, 1.807) is 24.5 Å². The van der Waals surface area contributed by atoms with Gasteiger partial charge in [-0.05, 0) is 46.8 Å². The highest BCUT2D eigenvalue weighted by Crippen LogP contribution is 2.39. The van der Waals surface area contributed by atoms with Crippen LogP contribution in [0.1, 0.15) is 36.5 Å². The molecule has 1 aliphatic rings. The van der Waals surface area contributed by atoms with E-state index in [1.165, 1.54) is 19.3 Å². The molecule has 0 spiro atoms. The van der Waals surface area contributed by atoms with Gasteiger partial charge in [-0.1, -0.05) is 13.3 Å². The molecule has 1 fully saturated rings. The van der Waals surface area contributed by atoms with E-state index in [9.17, 15) is 4.79 Å². The van der Waals surface area contributed by atoms with Crippen LogP contribution in [0, 0.1) is 5.92 Å². The molecule has 3 aromatic rings. The first-order chi connectivity index (χ1) is 13.2. The summed E-state index contributed by atoms with van der Waals surface area (Å²) in [6, 6.07) is 3.51. The fraction of sp³-hybridized carbons (Fsp3) is 0.350. The molecule has 0 saturated carbocycles. The van der Waals surface area contributed by atoms with Crippen LogP contribution >= 0.6 is 15.9 Å². The minimum absolute atomic E-state index is 0.181. The van der Waals surface area contributed by atoms with Crippen molar-refractivity contribution in [3.63, 3.8) is 0 Å². The monoisotopic (exact) mass is 427 g/mol. The summed E-state index contributed by atoms with van der Waals surface area (Å²) in [7, 11) is 0. The van der Waals surface area contributed by atoms with Crippen LogP contribution in [0.25, 0.3) is 11.0 Å². The zero-order valence-corrected chi connectivity index (χ0v) is 16.8. The molecule has 140 valence electrons. The van der Waals surface area contributed by atoms with Crippen molar-refractivity contribution in [1.82, 2.24) is 15.0 Å². The average molecular weight is 428 g/mol. The molecule has 0 aromatic carbocycles. The number of pyridine rings is 2. The molecule has 1 amide bonds. The van der Waals surface area contributed by atoms with E-state index in [0.29, 0.717) is 11.5 Å². The van der Waals surface area contributed by atoms with Crippen LogP contribution in [0.2, 0.25) is 0 Å². The van der Waals surface area contributed by atoms with Gasteiger partial charge in [0, 0.05) is 37.9 Å². The molecule has 1 saturated heterocycles. The van der Waals surface area contributed by atoms with Gasteiger partial charge in [0.05, 0.1) is 26.8 Å². The van der Waals surface area contributed by atoms with E-state index in [-0.39, 0.29) is 5.91 Å². The summed E-state index contributed by atoms with van der Waals surface area (Å²) in [5, 5.41) is 3.96. The van der Waals surface area contributed by atoms with Gasteiger partial charge >= 0.3 is 0 Å². The summed E-state index contributed by atoms with van der Waals surface area (Å²) in [5.41, 5.74) is 3.14. The summed E-state index contributed by atoms with van der Waals surface area (Å²) in [6.45, 7) is 4.28. The van der Waals surface area contributed by atoms with E-state index < -0.39 is 0 Å². The third-order valence-corrected chi connectivity index (χ3v) is 5.79. The number of hydrogen-bond donors (Lipinski definition) is 2. The highest BCUT2D eigenvalue weighted by molar-refractivity contribution is 9.10. The van der Waals surface area contributed by atoms with Crippen molar-refractivity contribution < 1.29 is 4.79 Å². The van der Waals surface area contributed by atoms with E-state index in [1.807, 2.05) is 12.4 Å². The molecule has 4 rings (SSSR count). The number of carbonyl (C=O) groups is 1. The van der Waals surface area contributed by atoms with Crippen molar-refractivity contribution in [2.45, 2.75) is 26.2 Å². The molecular formula is C20H22BrN5O. The molecule has 2 N–H and O–H groups in total. The Kier molecular flexibility index (Phi) is 5.11. The Morgan fingerprint density at radius 3 is 3.11 bits per heavy atom. The Balaban J connectivity index is 1.72. The molecule has 1 atom stereocenters. The maximum absolute atomic E-state index is 12.6. The van der Waals surface area contributed by atoms with Crippen LogP contribution in [0.5, 0.6) is 0 Å². The number of hydrogen-bond acceptors (Lipinski definition) is 4. The van der Waals surface area contributed by atoms with Gasteiger partial charge in [0.15, 0.2) is 0 Å². The van der Waals surface area contributed by atoms with Gasteiger partial charge in [0.2, 0.25) is 0 Å². The van der Waals surface area contributed by atoms with Gasteiger partial charge in [-0.15, -0.1) is 0 Å². The highest BCUT2D eigenvalue weighted by atomic mass is 79.9. The number of nitrogens with one attached hydrogen (secondary N) is 2. The minimum Gasteiger partial charge on any atom is -0.370 e. The number of piperidine rings is 1. The summed E-state index contributed by atoms with van der Waals surface area (Å²) in [5.74, 6) is 0.515. The van der Waals surface area contributed by atoms with E-state index in [4.69, 9.17) is 0 Å². The molecule has 7 heteroatoms. The lowest BCUT2D eigenvalue weighted by Crippen LogP contribution is -2.35. The zero-order chi connectivity index (χ0) is 18.8.